The largest absolute Gasteiger partial charge is 0.481 e. The molecule has 2 unspecified atom stereocenters. The van der Waals surface area contributed by atoms with Crippen molar-refractivity contribution in [3.05, 3.63) is 23.8 Å². The molecule has 1 saturated carbocycles. The predicted octanol–water partition coefficient (Wildman–Crippen LogP) is 1.23. The molecule has 21 heavy (non-hydrogen) atoms. The molecule has 0 spiro atoms. The molecule has 2 amide bonds. The second-order valence-electron chi connectivity index (χ2n) is 5.26. The number of urea groups is 1. The molecule has 0 saturated heterocycles. The second-order valence-corrected chi connectivity index (χ2v) is 5.26. The van der Waals surface area contributed by atoms with Crippen LogP contribution in [-0.4, -0.2) is 33.1 Å². The second kappa shape index (κ2) is 7.01. The Morgan fingerprint density at radius 3 is 2.86 bits per heavy atom. The van der Waals surface area contributed by atoms with Gasteiger partial charge in [0.05, 0.1) is 18.2 Å². The van der Waals surface area contributed by atoms with Gasteiger partial charge in [-0.25, -0.2) is 14.8 Å². The molecule has 114 valence electrons. The van der Waals surface area contributed by atoms with Gasteiger partial charge in [-0.1, -0.05) is 12.8 Å². The number of amides is 2. The molecule has 2 atom stereocenters. The fourth-order valence-corrected chi connectivity index (χ4v) is 2.59. The number of carboxylic acid groups (broad SMARTS) is 1. The van der Waals surface area contributed by atoms with Crippen LogP contribution < -0.4 is 10.6 Å². The Morgan fingerprint density at radius 2 is 2.14 bits per heavy atom. The van der Waals surface area contributed by atoms with Crippen molar-refractivity contribution in [1.29, 1.82) is 0 Å². The minimum Gasteiger partial charge on any atom is -0.481 e. The molecule has 7 nitrogen and oxygen atoms in total. The molecular weight excluding hydrogens is 272 g/mol. The number of aromatic nitrogens is 2. The maximum absolute atomic E-state index is 11.9. The lowest BCUT2D eigenvalue weighted by Gasteiger charge is -2.29. The van der Waals surface area contributed by atoms with E-state index >= 15 is 0 Å². The molecule has 1 heterocycles. The summed E-state index contributed by atoms with van der Waals surface area (Å²) in [7, 11) is 0. The topological polar surface area (TPSA) is 104 Å². The van der Waals surface area contributed by atoms with E-state index in [0.29, 0.717) is 25.2 Å². The molecule has 0 radical (unpaired) electrons. The van der Waals surface area contributed by atoms with Gasteiger partial charge in [0.2, 0.25) is 0 Å². The summed E-state index contributed by atoms with van der Waals surface area (Å²) in [4.78, 5) is 31.2. The standard InChI is InChI=1S/C14H20N4O3/c1-9-15-7-6-10(17-9)8-16-14(21)18-12-5-3-2-4-11(12)13(19)20/h6-7,11-12H,2-5,8H2,1H3,(H,19,20)(H2,16,18,21). The monoisotopic (exact) mass is 292 g/mol. The Bertz CT molecular complexity index is 521. The molecule has 0 aromatic carbocycles. The van der Waals surface area contributed by atoms with Crippen molar-refractivity contribution in [1.82, 2.24) is 20.6 Å². The average molecular weight is 292 g/mol. The molecular formula is C14H20N4O3. The number of nitrogens with one attached hydrogen (secondary N) is 2. The van der Waals surface area contributed by atoms with Crippen molar-refractivity contribution < 1.29 is 14.7 Å². The van der Waals surface area contributed by atoms with Crippen molar-refractivity contribution in [2.24, 2.45) is 5.92 Å². The Kier molecular flexibility index (Phi) is 5.08. The Morgan fingerprint density at radius 1 is 1.38 bits per heavy atom. The van der Waals surface area contributed by atoms with E-state index in [0.717, 1.165) is 18.5 Å². The van der Waals surface area contributed by atoms with E-state index in [1.807, 2.05) is 0 Å². The van der Waals surface area contributed by atoms with Gasteiger partial charge in [0, 0.05) is 12.2 Å². The van der Waals surface area contributed by atoms with Gasteiger partial charge >= 0.3 is 12.0 Å². The van der Waals surface area contributed by atoms with Crippen molar-refractivity contribution in [3.63, 3.8) is 0 Å². The highest BCUT2D eigenvalue weighted by molar-refractivity contribution is 5.76. The lowest BCUT2D eigenvalue weighted by atomic mass is 9.84. The predicted molar refractivity (Wildman–Crippen MR) is 75.5 cm³/mol. The number of hydrogen-bond acceptors (Lipinski definition) is 4. The molecule has 0 bridgehead atoms. The van der Waals surface area contributed by atoms with Crippen LogP contribution in [0.15, 0.2) is 12.3 Å². The summed E-state index contributed by atoms with van der Waals surface area (Å²) >= 11 is 0. The van der Waals surface area contributed by atoms with E-state index in [2.05, 4.69) is 20.6 Å². The number of rotatable bonds is 4. The first-order valence-corrected chi connectivity index (χ1v) is 7.12. The van der Waals surface area contributed by atoms with Crippen LogP contribution in [0.1, 0.15) is 37.2 Å². The maximum atomic E-state index is 11.9. The molecule has 2 rings (SSSR count). The van der Waals surface area contributed by atoms with Crippen LogP contribution in [0.4, 0.5) is 4.79 Å². The molecule has 1 aliphatic carbocycles. The number of carbonyl (C=O) groups is 2. The average Bonchev–Trinajstić information content (AvgIpc) is 2.45. The van der Waals surface area contributed by atoms with Gasteiger partial charge in [-0.05, 0) is 25.8 Å². The van der Waals surface area contributed by atoms with Gasteiger partial charge in [0.25, 0.3) is 0 Å². The van der Waals surface area contributed by atoms with E-state index in [1.54, 1.807) is 19.2 Å². The van der Waals surface area contributed by atoms with E-state index < -0.39 is 11.9 Å². The first kappa shape index (κ1) is 15.2. The third-order valence-electron chi connectivity index (χ3n) is 3.66. The Balaban J connectivity index is 1.84. The van der Waals surface area contributed by atoms with E-state index in [9.17, 15) is 14.7 Å². The van der Waals surface area contributed by atoms with E-state index in [-0.39, 0.29) is 12.1 Å². The summed E-state index contributed by atoms with van der Waals surface area (Å²) in [5.74, 6) is -0.690. The van der Waals surface area contributed by atoms with Crippen LogP contribution in [0.25, 0.3) is 0 Å². The maximum Gasteiger partial charge on any atom is 0.315 e. The molecule has 0 aliphatic heterocycles. The van der Waals surface area contributed by atoms with Gasteiger partial charge in [0.1, 0.15) is 5.82 Å². The first-order valence-electron chi connectivity index (χ1n) is 7.12. The number of carboxylic acids is 1. The summed E-state index contributed by atoms with van der Waals surface area (Å²) in [5, 5.41) is 14.6. The third kappa shape index (κ3) is 4.40. The van der Waals surface area contributed by atoms with Gasteiger partial charge in [0.15, 0.2) is 0 Å². The van der Waals surface area contributed by atoms with E-state index in [4.69, 9.17) is 0 Å². The summed E-state index contributed by atoms with van der Waals surface area (Å²) < 4.78 is 0. The zero-order valence-corrected chi connectivity index (χ0v) is 12.0. The number of nitrogens with zero attached hydrogens (tertiary/aromatic N) is 2. The van der Waals surface area contributed by atoms with Crippen LogP contribution >= 0.6 is 0 Å². The number of aryl methyl sites for hydroxylation is 1. The van der Waals surface area contributed by atoms with Crippen LogP contribution in [-0.2, 0) is 11.3 Å². The highest BCUT2D eigenvalue weighted by Gasteiger charge is 2.31. The summed E-state index contributed by atoms with van der Waals surface area (Å²) in [5.41, 5.74) is 0.719. The zero-order valence-electron chi connectivity index (χ0n) is 12.0. The minimum absolute atomic E-state index is 0.291. The number of aliphatic carboxylic acids is 1. The van der Waals surface area contributed by atoms with Crippen LogP contribution in [0.3, 0.4) is 0 Å². The fraction of sp³-hybridized carbons (Fsp3) is 0.571. The minimum atomic E-state index is -0.841. The van der Waals surface area contributed by atoms with Crippen LogP contribution in [0.2, 0.25) is 0 Å². The summed E-state index contributed by atoms with van der Waals surface area (Å²) in [6, 6.07) is 1.07. The van der Waals surface area contributed by atoms with Crippen molar-refractivity contribution >= 4 is 12.0 Å². The Labute approximate surface area is 123 Å². The van der Waals surface area contributed by atoms with Crippen molar-refractivity contribution in [2.75, 3.05) is 0 Å². The van der Waals surface area contributed by atoms with Crippen molar-refractivity contribution in [3.8, 4) is 0 Å². The SMILES string of the molecule is Cc1nccc(CNC(=O)NC2CCCCC2C(=O)O)n1. The fourth-order valence-electron chi connectivity index (χ4n) is 2.59. The van der Waals surface area contributed by atoms with E-state index in [1.165, 1.54) is 0 Å². The number of carbonyl (C=O) groups excluding carboxylic acids is 1. The van der Waals surface area contributed by atoms with Crippen LogP contribution in [0, 0.1) is 12.8 Å². The summed E-state index contributed by atoms with van der Waals surface area (Å²) in [6.07, 6.45) is 4.80. The van der Waals surface area contributed by atoms with Gasteiger partial charge in [-0.3, -0.25) is 4.79 Å². The zero-order chi connectivity index (χ0) is 15.2. The molecule has 1 fully saturated rings. The molecule has 1 aliphatic rings. The van der Waals surface area contributed by atoms with Crippen LogP contribution in [0.5, 0.6) is 0 Å². The van der Waals surface area contributed by atoms with Gasteiger partial charge < -0.3 is 15.7 Å². The molecule has 1 aromatic rings. The van der Waals surface area contributed by atoms with Crippen molar-refractivity contribution in [2.45, 2.75) is 45.2 Å². The first-order chi connectivity index (χ1) is 10.1. The lowest BCUT2D eigenvalue weighted by Crippen LogP contribution is -2.48. The molecule has 1 aromatic heterocycles. The highest BCUT2D eigenvalue weighted by Crippen LogP contribution is 2.24. The summed E-state index contributed by atoms with van der Waals surface area (Å²) in [6.45, 7) is 2.07. The lowest BCUT2D eigenvalue weighted by molar-refractivity contribution is -0.143. The smallest absolute Gasteiger partial charge is 0.315 e. The quantitative estimate of drug-likeness (QED) is 0.774. The van der Waals surface area contributed by atoms with Gasteiger partial charge in [-0.2, -0.15) is 0 Å². The normalized spacial score (nSPS) is 21.6. The van der Waals surface area contributed by atoms with Gasteiger partial charge in [-0.15, -0.1) is 0 Å². The third-order valence-corrected chi connectivity index (χ3v) is 3.66. The highest BCUT2D eigenvalue weighted by atomic mass is 16.4. The molecule has 7 heteroatoms. The number of hydrogen-bond donors (Lipinski definition) is 3. The molecule has 3 N–H and O–H groups in total. The Hall–Kier alpha value is -2.18.